The van der Waals surface area contributed by atoms with Gasteiger partial charge in [-0.05, 0) is 18.1 Å². The number of imide groups is 1. The van der Waals surface area contributed by atoms with Gasteiger partial charge in [0.25, 0.3) is 5.91 Å². The number of amides is 2. The predicted octanol–water partition coefficient (Wildman–Crippen LogP) is -0.129. The fourth-order valence-corrected chi connectivity index (χ4v) is 4.70. The smallest absolute Gasteiger partial charge is 0.325 e. The van der Waals surface area contributed by atoms with E-state index in [1.54, 1.807) is 0 Å². The van der Waals surface area contributed by atoms with E-state index in [1.807, 2.05) is 29.2 Å². The minimum absolute atomic E-state index is 0.260. The summed E-state index contributed by atoms with van der Waals surface area (Å²) in [6.45, 7) is 1.27. The summed E-state index contributed by atoms with van der Waals surface area (Å²) in [7, 11) is 1.22. The molecule has 3 saturated heterocycles. The molecule has 0 saturated carbocycles. The van der Waals surface area contributed by atoms with Crippen molar-refractivity contribution in [1.29, 1.82) is 0 Å². The van der Waals surface area contributed by atoms with Crippen LogP contribution in [0.4, 0.5) is 0 Å². The SMILES string of the molecule is COC(=O)CN1C(=O)[C@@H]2C[C@@H](O)CN2C2(CN(Cc3ccccc3Cl)C2)C1=O. The Morgan fingerprint density at radius 2 is 2.04 bits per heavy atom. The molecule has 2 atom stereocenters. The Labute approximate surface area is 167 Å². The first-order chi connectivity index (χ1) is 13.4. The number of benzene rings is 1. The quantitative estimate of drug-likeness (QED) is 0.549. The summed E-state index contributed by atoms with van der Waals surface area (Å²) in [6.07, 6.45) is -0.412. The number of halogens is 1. The Bertz CT molecular complexity index is 826. The maximum atomic E-state index is 13.2. The van der Waals surface area contributed by atoms with Crippen LogP contribution in [0, 0.1) is 0 Å². The van der Waals surface area contributed by atoms with Crippen LogP contribution < -0.4 is 0 Å². The standard InChI is InChI=1S/C19H22ClN3O5/c1-28-16(25)9-22-17(26)15-6-13(24)8-23(15)19(18(22)27)10-21(11-19)7-12-4-2-3-5-14(12)20/h2-5,13,15,24H,6-11H2,1H3/t13-,15+/m1/s1. The second-order valence-electron chi connectivity index (χ2n) is 7.63. The number of nitrogens with zero attached hydrogens (tertiary/aromatic N) is 3. The van der Waals surface area contributed by atoms with Crippen molar-refractivity contribution in [3.63, 3.8) is 0 Å². The number of hydrogen-bond acceptors (Lipinski definition) is 7. The first-order valence-electron chi connectivity index (χ1n) is 9.19. The second kappa shape index (κ2) is 7.11. The van der Waals surface area contributed by atoms with Crippen LogP contribution in [0.2, 0.25) is 5.02 Å². The highest BCUT2D eigenvalue weighted by Gasteiger charge is 2.64. The zero-order chi connectivity index (χ0) is 20.1. The number of aliphatic hydroxyl groups excluding tert-OH is 1. The van der Waals surface area contributed by atoms with Gasteiger partial charge in [-0.1, -0.05) is 29.8 Å². The van der Waals surface area contributed by atoms with Crippen molar-refractivity contribution >= 4 is 29.4 Å². The van der Waals surface area contributed by atoms with Gasteiger partial charge < -0.3 is 9.84 Å². The van der Waals surface area contributed by atoms with Crippen LogP contribution in [0.3, 0.4) is 0 Å². The lowest BCUT2D eigenvalue weighted by atomic mass is 9.82. The Kier molecular flexibility index (Phi) is 4.91. The van der Waals surface area contributed by atoms with Crippen LogP contribution in [0.5, 0.6) is 0 Å². The molecule has 0 bridgehead atoms. The van der Waals surface area contributed by atoms with Crippen molar-refractivity contribution in [2.45, 2.75) is 30.7 Å². The van der Waals surface area contributed by atoms with Crippen molar-refractivity contribution in [3.8, 4) is 0 Å². The number of fused-ring (bicyclic) bond motifs is 2. The number of rotatable bonds is 4. The van der Waals surface area contributed by atoms with Crippen molar-refractivity contribution in [1.82, 2.24) is 14.7 Å². The molecule has 3 heterocycles. The number of hydrogen-bond donors (Lipinski definition) is 1. The monoisotopic (exact) mass is 407 g/mol. The van der Waals surface area contributed by atoms with Gasteiger partial charge >= 0.3 is 5.97 Å². The van der Waals surface area contributed by atoms with Gasteiger partial charge in [-0.25, -0.2) is 0 Å². The maximum absolute atomic E-state index is 13.2. The lowest BCUT2D eigenvalue weighted by molar-refractivity contribution is -0.183. The fraction of sp³-hybridized carbons (Fsp3) is 0.526. The van der Waals surface area contributed by atoms with E-state index in [0.29, 0.717) is 24.7 Å². The number of aliphatic hydroxyl groups is 1. The summed E-state index contributed by atoms with van der Waals surface area (Å²) >= 11 is 6.24. The minimum Gasteiger partial charge on any atom is -0.468 e. The largest absolute Gasteiger partial charge is 0.468 e. The molecule has 0 aliphatic carbocycles. The summed E-state index contributed by atoms with van der Waals surface area (Å²) in [5.41, 5.74) is 0.0495. The average Bonchev–Trinajstić information content (AvgIpc) is 3.04. The van der Waals surface area contributed by atoms with E-state index < -0.39 is 42.0 Å². The summed E-state index contributed by atoms with van der Waals surface area (Å²) in [6, 6.07) is 6.93. The zero-order valence-electron chi connectivity index (χ0n) is 15.5. The zero-order valence-corrected chi connectivity index (χ0v) is 16.3. The summed E-state index contributed by atoms with van der Waals surface area (Å²) in [4.78, 5) is 42.6. The van der Waals surface area contributed by atoms with Crippen LogP contribution in [0.25, 0.3) is 0 Å². The van der Waals surface area contributed by atoms with Crippen LogP contribution in [0.15, 0.2) is 24.3 Å². The van der Waals surface area contributed by atoms with Crippen LogP contribution in [0.1, 0.15) is 12.0 Å². The third-order valence-electron chi connectivity index (χ3n) is 5.86. The van der Waals surface area contributed by atoms with E-state index in [2.05, 4.69) is 9.64 Å². The molecule has 0 aromatic heterocycles. The molecule has 9 heteroatoms. The number of likely N-dealkylation sites (tertiary alicyclic amines) is 1. The molecule has 1 N–H and O–H groups in total. The number of esters is 1. The topological polar surface area (TPSA) is 90.4 Å². The molecular formula is C19H22ClN3O5. The molecule has 150 valence electrons. The lowest BCUT2D eigenvalue weighted by Crippen LogP contribution is -2.81. The highest BCUT2D eigenvalue weighted by atomic mass is 35.5. The normalized spacial score (nSPS) is 27.0. The highest BCUT2D eigenvalue weighted by molar-refractivity contribution is 6.31. The van der Waals surface area contributed by atoms with E-state index in [1.165, 1.54) is 7.11 Å². The van der Waals surface area contributed by atoms with Crippen LogP contribution in [-0.2, 0) is 25.7 Å². The molecule has 28 heavy (non-hydrogen) atoms. The highest BCUT2D eigenvalue weighted by Crippen LogP contribution is 2.41. The molecule has 8 nitrogen and oxygen atoms in total. The molecule has 1 aromatic rings. The molecule has 3 aliphatic rings. The molecule has 1 spiro atoms. The number of piperazine rings is 1. The van der Waals surface area contributed by atoms with Crippen LogP contribution in [-0.4, -0.2) is 88.6 Å². The van der Waals surface area contributed by atoms with Crippen LogP contribution >= 0.6 is 11.6 Å². The van der Waals surface area contributed by atoms with Crippen molar-refractivity contribution < 1.29 is 24.2 Å². The summed E-state index contributed by atoms with van der Waals surface area (Å²) in [5.74, 6) is -1.48. The predicted molar refractivity (Wildman–Crippen MR) is 99.3 cm³/mol. The van der Waals surface area contributed by atoms with Gasteiger partial charge in [-0.15, -0.1) is 0 Å². The summed E-state index contributed by atoms with van der Waals surface area (Å²) < 4.78 is 4.64. The molecule has 2 amide bonds. The Hall–Kier alpha value is -2.00. The fourth-order valence-electron chi connectivity index (χ4n) is 4.51. The minimum atomic E-state index is -0.911. The Balaban J connectivity index is 1.56. The maximum Gasteiger partial charge on any atom is 0.325 e. The van der Waals surface area contributed by atoms with Gasteiger partial charge in [0, 0.05) is 31.2 Å². The van der Waals surface area contributed by atoms with E-state index in [-0.39, 0.29) is 13.0 Å². The molecule has 4 rings (SSSR count). The molecular weight excluding hydrogens is 386 g/mol. The van der Waals surface area contributed by atoms with Gasteiger partial charge in [-0.3, -0.25) is 29.1 Å². The average molecular weight is 408 g/mol. The molecule has 0 unspecified atom stereocenters. The Morgan fingerprint density at radius 3 is 2.71 bits per heavy atom. The molecule has 3 aliphatic heterocycles. The number of carbonyl (C=O) groups is 3. The molecule has 1 aromatic carbocycles. The lowest BCUT2D eigenvalue weighted by Gasteiger charge is -2.58. The first kappa shape index (κ1) is 19.3. The number of carbonyl (C=O) groups excluding carboxylic acids is 3. The van der Waals surface area contributed by atoms with Gasteiger partial charge in [0.15, 0.2) is 0 Å². The van der Waals surface area contributed by atoms with E-state index in [9.17, 15) is 19.5 Å². The van der Waals surface area contributed by atoms with Gasteiger partial charge in [0.05, 0.1) is 19.3 Å². The van der Waals surface area contributed by atoms with Crippen molar-refractivity contribution in [3.05, 3.63) is 34.9 Å². The van der Waals surface area contributed by atoms with Gasteiger partial charge in [-0.2, -0.15) is 0 Å². The van der Waals surface area contributed by atoms with Crippen molar-refractivity contribution in [2.75, 3.05) is 33.3 Å². The van der Waals surface area contributed by atoms with Crippen molar-refractivity contribution in [2.24, 2.45) is 0 Å². The van der Waals surface area contributed by atoms with E-state index in [0.717, 1.165) is 10.5 Å². The third-order valence-corrected chi connectivity index (χ3v) is 6.23. The second-order valence-corrected chi connectivity index (χ2v) is 8.04. The number of β-amino-alcohol motifs (C(OH)–C–C–N with tert-alkyl or cyclic N) is 1. The number of methoxy groups -OCH3 is 1. The number of ether oxygens (including phenoxy) is 1. The van der Waals surface area contributed by atoms with E-state index >= 15 is 0 Å². The first-order valence-corrected chi connectivity index (χ1v) is 9.57. The Morgan fingerprint density at radius 1 is 1.32 bits per heavy atom. The molecule has 3 fully saturated rings. The van der Waals surface area contributed by atoms with Gasteiger partial charge in [0.1, 0.15) is 12.1 Å². The third kappa shape index (κ3) is 3.00. The van der Waals surface area contributed by atoms with E-state index in [4.69, 9.17) is 11.6 Å². The van der Waals surface area contributed by atoms with Gasteiger partial charge in [0.2, 0.25) is 5.91 Å². The molecule has 0 radical (unpaired) electrons. The summed E-state index contributed by atoms with van der Waals surface area (Å²) in [5, 5.41) is 10.8.